The normalized spacial score (nSPS) is 17.2. The summed E-state index contributed by atoms with van der Waals surface area (Å²) in [5.74, 6) is 0.615. The molecule has 1 spiro atoms. The van der Waals surface area contributed by atoms with E-state index in [2.05, 4.69) is 10.2 Å². The van der Waals surface area contributed by atoms with Gasteiger partial charge in [-0.3, -0.25) is 4.79 Å². The number of piperidine rings is 1. The molecule has 3 N–H and O–H groups in total. The molecule has 37 heavy (non-hydrogen) atoms. The minimum atomic E-state index is -0.773. The van der Waals surface area contributed by atoms with Crippen LogP contribution in [0.5, 0.6) is 17.2 Å². The van der Waals surface area contributed by atoms with E-state index in [0.29, 0.717) is 17.8 Å². The Balaban J connectivity index is 1.15. The van der Waals surface area contributed by atoms with Crippen molar-refractivity contribution in [2.24, 2.45) is 0 Å². The number of halogens is 2. The van der Waals surface area contributed by atoms with Crippen molar-refractivity contribution in [1.29, 1.82) is 0 Å². The molecule has 0 saturated carbocycles. The number of anilines is 1. The summed E-state index contributed by atoms with van der Waals surface area (Å²) in [4.78, 5) is 14.8. The Morgan fingerprint density at radius 1 is 1.11 bits per heavy atom. The molecule has 2 heterocycles. The number of nitrogens with one attached hydrogen (secondary N) is 1. The average molecular weight is 543 g/mol. The number of benzene rings is 3. The lowest BCUT2D eigenvalue weighted by Gasteiger charge is -2.39. The van der Waals surface area contributed by atoms with Crippen molar-refractivity contribution in [3.63, 3.8) is 0 Å². The Hall–Kier alpha value is -2.97. The molecule has 0 bridgehead atoms. The molecule has 5 rings (SSSR count). The largest absolute Gasteiger partial charge is 0.506 e. The SMILES string of the molecule is O=C(Nc1cc(Cl)c(O)cc1OC[C@H](O)CN1CCC2(CC1)Cc1cc(Cl)ccc1O2)c1ccccc1. The third kappa shape index (κ3) is 5.96. The Kier molecular flexibility index (Phi) is 7.49. The van der Waals surface area contributed by atoms with Crippen LogP contribution in [0.15, 0.2) is 60.7 Å². The number of aliphatic hydroxyl groups is 1. The van der Waals surface area contributed by atoms with Gasteiger partial charge in [0.05, 0.1) is 10.7 Å². The first-order valence-corrected chi connectivity index (χ1v) is 13.0. The smallest absolute Gasteiger partial charge is 0.255 e. The number of aromatic hydroxyl groups is 1. The van der Waals surface area contributed by atoms with Crippen LogP contribution in [-0.2, 0) is 6.42 Å². The minimum Gasteiger partial charge on any atom is -0.506 e. The molecular formula is C28H28Cl2N2O5. The fourth-order valence-corrected chi connectivity index (χ4v) is 5.26. The molecule has 194 valence electrons. The maximum absolute atomic E-state index is 12.6. The molecule has 2 aliphatic rings. The number of aliphatic hydroxyl groups excluding tert-OH is 1. The molecule has 7 nitrogen and oxygen atoms in total. The number of phenolic OH excluding ortho intramolecular Hbond substituents is 1. The quantitative estimate of drug-likeness (QED) is 0.357. The molecule has 2 aliphatic heterocycles. The zero-order chi connectivity index (χ0) is 26.0. The van der Waals surface area contributed by atoms with Crippen LogP contribution < -0.4 is 14.8 Å². The molecule has 0 aliphatic carbocycles. The van der Waals surface area contributed by atoms with Gasteiger partial charge < -0.3 is 29.9 Å². The van der Waals surface area contributed by atoms with Gasteiger partial charge in [0.2, 0.25) is 0 Å². The van der Waals surface area contributed by atoms with E-state index in [-0.39, 0.29) is 34.6 Å². The summed E-state index contributed by atoms with van der Waals surface area (Å²) < 4.78 is 12.1. The molecule has 1 fully saturated rings. The van der Waals surface area contributed by atoms with E-state index >= 15 is 0 Å². The van der Waals surface area contributed by atoms with E-state index in [1.165, 1.54) is 12.1 Å². The number of nitrogens with zero attached hydrogens (tertiary/aromatic N) is 1. The number of phenols is 1. The second-order valence-corrected chi connectivity index (χ2v) is 10.4. The summed E-state index contributed by atoms with van der Waals surface area (Å²) in [7, 11) is 0. The van der Waals surface area contributed by atoms with E-state index in [9.17, 15) is 15.0 Å². The molecule has 0 unspecified atom stereocenters. The highest BCUT2D eigenvalue weighted by Crippen LogP contribution is 2.42. The molecule has 0 aromatic heterocycles. The zero-order valence-corrected chi connectivity index (χ0v) is 21.6. The first kappa shape index (κ1) is 25.7. The standard InChI is InChI=1S/C28H28Cl2N2O5/c29-20-6-7-25-19(12-20)15-28(37-25)8-10-32(11-9-28)16-21(33)17-36-26-14-24(34)22(30)13-23(26)31-27(35)18-4-2-1-3-5-18/h1-7,12-14,21,33-34H,8-11,15-17H2,(H,31,35)/t21-/m1/s1. The van der Waals surface area contributed by atoms with Crippen LogP contribution in [0.1, 0.15) is 28.8 Å². The molecule has 9 heteroatoms. The van der Waals surface area contributed by atoms with Gasteiger partial charge in [-0.1, -0.05) is 41.4 Å². The van der Waals surface area contributed by atoms with Crippen LogP contribution in [-0.4, -0.2) is 59.0 Å². The minimum absolute atomic E-state index is 0.0165. The van der Waals surface area contributed by atoms with Crippen molar-refractivity contribution in [2.45, 2.75) is 31.0 Å². The first-order valence-electron chi connectivity index (χ1n) is 12.2. The Morgan fingerprint density at radius 2 is 1.86 bits per heavy atom. The fourth-order valence-electron chi connectivity index (χ4n) is 4.90. The number of ether oxygens (including phenoxy) is 2. The molecule has 1 atom stereocenters. The van der Waals surface area contributed by atoms with E-state index in [1.54, 1.807) is 24.3 Å². The highest BCUT2D eigenvalue weighted by Gasteiger charge is 2.42. The van der Waals surface area contributed by atoms with Gasteiger partial charge in [-0.15, -0.1) is 0 Å². The monoisotopic (exact) mass is 542 g/mol. The Labute approximate surface area is 225 Å². The average Bonchev–Trinajstić information content (AvgIpc) is 3.24. The van der Waals surface area contributed by atoms with E-state index < -0.39 is 6.10 Å². The summed E-state index contributed by atoms with van der Waals surface area (Å²) in [6.45, 7) is 2.00. The first-order chi connectivity index (χ1) is 17.8. The lowest BCUT2D eigenvalue weighted by atomic mass is 9.87. The number of carbonyl (C=O) groups is 1. The topological polar surface area (TPSA) is 91.3 Å². The highest BCUT2D eigenvalue weighted by molar-refractivity contribution is 6.32. The second kappa shape index (κ2) is 10.8. The Bertz CT molecular complexity index is 1280. The Morgan fingerprint density at radius 3 is 2.62 bits per heavy atom. The van der Waals surface area contributed by atoms with Crippen molar-refractivity contribution in [2.75, 3.05) is 31.6 Å². The molecule has 1 saturated heterocycles. The van der Waals surface area contributed by atoms with Gasteiger partial charge >= 0.3 is 0 Å². The van der Waals surface area contributed by atoms with E-state index in [4.69, 9.17) is 32.7 Å². The van der Waals surface area contributed by atoms with Gasteiger partial charge in [0, 0.05) is 55.5 Å². The number of likely N-dealkylation sites (tertiary alicyclic amines) is 1. The van der Waals surface area contributed by atoms with Crippen LogP contribution in [0, 0.1) is 0 Å². The van der Waals surface area contributed by atoms with Gasteiger partial charge in [-0.2, -0.15) is 0 Å². The van der Waals surface area contributed by atoms with Crippen LogP contribution >= 0.6 is 23.2 Å². The number of hydrogen-bond acceptors (Lipinski definition) is 6. The summed E-state index contributed by atoms with van der Waals surface area (Å²) in [6, 6.07) is 17.3. The third-order valence-corrected chi connectivity index (χ3v) is 7.40. The predicted molar refractivity (Wildman–Crippen MR) is 143 cm³/mol. The maximum atomic E-state index is 12.6. The highest BCUT2D eigenvalue weighted by atomic mass is 35.5. The summed E-state index contributed by atoms with van der Waals surface area (Å²) >= 11 is 12.2. The molecular weight excluding hydrogens is 515 g/mol. The third-order valence-electron chi connectivity index (χ3n) is 6.86. The van der Waals surface area contributed by atoms with Crippen LogP contribution in [0.25, 0.3) is 0 Å². The summed E-state index contributed by atoms with van der Waals surface area (Å²) in [5.41, 5.74) is 1.72. The molecule has 3 aromatic rings. The van der Waals surface area contributed by atoms with E-state index in [0.717, 1.165) is 48.7 Å². The second-order valence-electron chi connectivity index (χ2n) is 9.60. The predicted octanol–water partition coefficient (Wildman–Crippen LogP) is 5.16. The van der Waals surface area contributed by atoms with Crippen LogP contribution in [0.2, 0.25) is 10.0 Å². The van der Waals surface area contributed by atoms with Gasteiger partial charge in [0.15, 0.2) is 0 Å². The van der Waals surface area contributed by atoms with E-state index in [1.807, 2.05) is 24.3 Å². The molecule has 3 aromatic carbocycles. The van der Waals surface area contributed by atoms with Gasteiger partial charge in [-0.05, 0) is 42.0 Å². The molecule has 0 radical (unpaired) electrons. The van der Waals surface area contributed by atoms with Crippen molar-refractivity contribution < 1.29 is 24.5 Å². The number of hydrogen-bond donors (Lipinski definition) is 3. The van der Waals surface area contributed by atoms with Gasteiger partial charge in [0.1, 0.15) is 35.6 Å². The van der Waals surface area contributed by atoms with Crippen molar-refractivity contribution in [3.8, 4) is 17.2 Å². The lowest BCUT2D eigenvalue weighted by molar-refractivity contribution is -0.00192. The van der Waals surface area contributed by atoms with Crippen molar-refractivity contribution >= 4 is 34.8 Å². The number of β-amino-alcohol motifs (C(OH)–C–C–N with tert-alkyl or cyclic N) is 1. The molecule has 1 amide bonds. The maximum Gasteiger partial charge on any atom is 0.255 e. The number of fused-ring (bicyclic) bond motifs is 1. The number of amides is 1. The number of rotatable bonds is 7. The summed E-state index contributed by atoms with van der Waals surface area (Å²) in [6.07, 6.45) is 1.78. The van der Waals surface area contributed by atoms with Gasteiger partial charge in [-0.25, -0.2) is 0 Å². The van der Waals surface area contributed by atoms with Gasteiger partial charge in [0.25, 0.3) is 5.91 Å². The summed E-state index contributed by atoms with van der Waals surface area (Å²) in [5, 5.41) is 24.3. The van der Waals surface area contributed by atoms with Crippen LogP contribution in [0.4, 0.5) is 5.69 Å². The number of carbonyl (C=O) groups excluding carboxylic acids is 1. The zero-order valence-electron chi connectivity index (χ0n) is 20.1. The lowest BCUT2D eigenvalue weighted by Crippen LogP contribution is -2.49. The fraction of sp³-hybridized carbons (Fsp3) is 0.321. The van der Waals surface area contributed by atoms with Crippen molar-refractivity contribution in [3.05, 3.63) is 81.8 Å². The van der Waals surface area contributed by atoms with Crippen LogP contribution in [0.3, 0.4) is 0 Å². The van der Waals surface area contributed by atoms with Crippen molar-refractivity contribution in [1.82, 2.24) is 4.90 Å².